The minimum Gasteiger partial charge on any atom is -0.311 e. The highest BCUT2D eigenvalue weighted by Gasteiger charge is 2.48. The van der Waals surface area contributed by atoms with Crippen molar-refractivity contribution in [2.75, 3.05) is 14.7 Å². The minimum atomic E-state index is -3.20. The van der Waals surface area contributed by atoms with E-state index in [9.17, 15) is 0 Å². The van der Waals surface area contributed by atoms with Gasteiger partial charge in [0.05, 0.1) is 17.1 Å². The number of anilines is 9. The SMILES string of the molecule is c1ccc(-c2nc(-c3ccccc3)nc(-c3ccc4c(c3)B3c5cc(-c6nc(-c7ccccc7)nc(-c7ccccc7)n6)ccc5N(c5cccc([Si](c6ccccc6)(c6ccccc6)c6ccccc6)c5)c5cc(N6c7ccccc7Sc7ccccc76)cc(c53)N4c3cccc([Si](c4ccccc4)(c4ccccc4)c4ccccc4)c3)n2)cc1. The van der Waals surface area contributed by atoms with Crippen LogP contribution in [0.3, 0.4) is 0 Å². The van der Waals surface area contributed by atoms with E-state index in [1.165, 1.54) is 41.5 Å². The van der Waals surface area contributed by atoms with Gasteiger partial charge in [0.2, 0.25) is 0 Å². The summed E-state index contributed by atoms with van der Waals surface area (Å²) in [5.74, 6) is 3.41. The summed E-state index contributed by atoms with van der Waals surface area (Å²) in [7, 11) is -6.41. The summed E-state index contributed by atoms with van der Waals surface area (Å²) in [5.41, 5.74) is 17.7. The zero-order valence-electron chi connectivity index (χ0n) is 65.7. The second-order valence-corrected chi connectivity index (χ2v) is 39.5. The summed E-state index contributed by atoms with van der Waals surface area (Å²) >= 11 is 1.82. The summed E-state index contributed by atoms with van der Waals surface area (Å²) in [4.78, 5) is 42.6. The summed E-state index contributed by atoms with van der Waals surface area (Å²) in [6.45, 7) is -0.481. The lowest BCUT2D eigenvalue weighted by atomic mass is 9.33. The highest BCUT2D eigenvalue weighted by atomic mass is 32.2. The van der Waals surface area contributed by atoms with Gasteiger partial charge in [0.25, 0.3) is 6.71 Å². The van der Waals surface area contributed by atoms with Crippen molar-refractivity contribution in [3.05, 3.63) is 449 Å². The third-order valence-electron chi connectivity index (χ3n) is 24.0. The number of rotatable bonds is 17. The van der Waals surface area contributed by atoms with Crippen LogP contribution in [0.1, 0.15) is 0 Å². The van der Waals surface area contributed by atoms with Crippen LogP contribution in [0.25, 0.3) is 68.3 Å². The number of para-hydroxylation sites is 2. The first-order valence-corrected chi connectivity index (χ1v) is 45.8. The normalized spacial score (nSPS) is 12.5. The van der Waals surface area contributed by atoms with Crippen LogP contribution in [0.5, 0.6) is 0 Å². The van der Waals surface area contributed by atoms with Crippen LogP contribution in [0.2, 0.25) is 0 Å². The average Bonchev–Trinajstić information content (AvgIpc) is 0.685. The van der Waals surface area contributed by atoms with Crippen LogP contribution in [0.15, 0.2) is 459 Å². The highest BCUT2D eigenvalue weighted by molar-refractivity contribution is 7.99. The van der Waals surface area contributed by atoms with E-state index in [0.29, 0.717) is 34.9 Å². The smallest absolute Gasteiger partial charge is 0.252 e. The van der Waals surface area contributed by atoms with Crippen molar-refractivity contribution in [3.63, 3.8) is 0 Å². The van der Waals surface area contributed by atoms with E-state index in [-0.39, 0.29) is 0 Å². The van der Waals surface area contributed by atoms with E-state index < -0.39 is 22.9 Å². The van der Waals surface area contributed by atoms with E-state index >= 15 is 0 Å². The van der Waals surface area contributed by atoms with Crippen LogP contribution in [0.4, 0.5) is 51.2 Å². The molecule has 0 fully saturated rings. The molecule has 0 spiro atoms. The summed E-state index contributed by atoms with van der Waals surface area (Å²) in [6.07, 6.45) is 0. The zero-order valence-corrected chi connectivity index (χ0v) is 68.6. The first kappa shape index (κ1) is 72.5. The van der Waals surface area contributed by atoms with Crippen molar-refractivity contribution in [2.45, 2.75) is 9.79 Å². The van der Waals surface area contributed by atoms with Crippen molar-refractivity contribution in [1.29, 1.82) is 0 Å². The Bertz CT molecular complexity index is 6350. The Labute approximate surface area is 710 Å². The second-order valence-electron chi connectivity index (χ2n) is 30.8. The summed E-state index contributed by atoms with van der Waals surface area (Å²) in [5, 5.41) is 10.2. The fourth-order valence-electron chi connectivity index (χ4n) is 18.7. The molecule has 2 aromatic heterocycles. The van der Waals surface area contributed by atoms with E-state index in [2.05, 4.69) is 391 Å². The molecular formula is C108H74BN9SSi2. The maximum atomic E-state index is 5.52. The van der Waals surface area contributed by atoms with Gasteiger partial charge in [0.15, 0.2) is 51.1 Å². The average molecular weight is 1600 g/mol. The first-order valence-electron chi connectivity index (χ1n) is 41.0. The molecule has 0 radical (unpaired) electrons. The van der Waals surface area contributed by atoms with Gasteiger partial charge in [-0.15, -0.1) is 0 Å². The standard InChI is InChI=1S/C108H74BN9SSi2/c1-11-37-75(38-12-1)103-110-104(76-39-13-2-14-40-76)113-107(112-103)79-65-67-94-92(69-79)109-93-70-80(108-114-105(77-41-15-3-16-42-77)111-106(115-108)78-43-17-4-18-44-78)66-68-95(93)117(82-46-36-60-91(72-82)121(87-53-25-8-26-54-87,88-55-27-9-28-56-88)89-57-29-10-30-58-89)99-74-83(118-96-61-31-33-63-100(96)119-101-64-34-32-62-97(101)118)73-98(102(99)109)116(94)81-45-35-59-90(71-81)120(84-47-19-5-20-48-84,85-49-21-6-22-50-85)86-51-23-7-24-52-86/h1-74H. The maximum absolute atomic E-state index is 5.52. The fourth-order valence-corrected chi connectivity index (χ4v) is 29.3. The van der Waals surface area contributed by atoms with E-state index in [4.69, 9.17) is 29.9 Å². The number of hydrogen-bond acceptors (Lipinski definition) is 10. The van der Waals surface area contributed by atoms with Crippen molar-refractivity contribution in [2.24, 2.45) is 0 Å². The topological polar surface area (TPSA) is 87.1 Å². The van der Waals surface area contributed by atoms with E-state index in [1.54, 1.807) is 0 Å². The molecular weight excluding hydrogens is 1520 g/mol. The van der Waals surface area contributed by atoms with Crippen molar-refractivity contribution >= 4 is 144 Å². The zero-order chi connectivity index (χ0) is 80.2. The van der Waals surface area contributed by atoms with Gasteiger partial charge in [-0.3, -0.25) is 0 Å². The third-order valence-corrected chi connectivity index (χ3v) is 34.7. The van der Waals surface area contributed by atoms with Crippen LogP contribution in [-0.4, -0.2) is 52.8 Å². The molecule has 0 unspecified atom stereocenters. The van der Waals surface area contributed by atoms with Gasteiger partial charge in [-0.1, -0.05) is 376 Å². The molecule has 17 aromatic carbocycles. The van der Waals surface area contributed by atoms with Gasteiger partial charge in [-0.25, -0.2) is 29.9 Å². The fraction of sp³-hybridized carbons (Fsp3) is 0. The van der Waals surface area contributed by atoms with E-state index in [0.717, 1.165) is 111 Å². The lowest BCUT2D eigenvalue weighted by Crippen LogP contribution is -2.74. The molecule has 0 bridgehead atoms. The van der Waals surface area contributed by atoms with Crippen LogP contribution < -0.4 is 72.6 Å². The van der Waals surface area contributed by atoms with Gasteiger partial charge >= 0.3 is 0 Å². The summed E-state index contributed by atoms with van der Waals surface area (Å²) in [6, 6.07) is 164. The molecule has 22 rings (SSSR count). The quantitative estimate of drug-likeness (QED) is 0.0649. The Morgan fingerprint density at radius 1 is 0.190 bits per heavy atom. The molecule has 5 heterocycles. The molecule has 0 atom stereocenters. The minimum absolute atomic E-state index is 0.481. The van der Waals surface area contributed by atoms with Crippen molar-refractivity contribution in [1.82, 2.24) is 29.9 Å². The predicted octanol–water partition coefficient (Wildman–Crippen LogP) is 18.8. The second kappa shape index (κ2) is 30.8. The Morgan fingerprint density at radius 3 is 0.752 bits per heavy atom. The number of benzene rings is 17. The molecule has 19 aromatic rings. The molecule has 9 nitrogen and oxygen atoms in total. The number of hydrogen-bond donors (Lipinski definition) is 0. The Morgan fingerprint density at radius 2 is 0.446 bits per heavy atom. The van der Waals surface area contributed by atoms with Crippen LogP contribution >= 0.6 is 11.8 Å². The third kappa shape index (κ3) is 12.6. The first-order chi connectivity index (χ1) is 60.0. The molecule has 0 saturated carbocycles. The molecule has 121 heavy (non-hydrogen) atoms. The van der Waals surface area contributed by atoms with E-state index in [1.807, 2.05) is 84.6 Å². The van der Waals surface area contributed by atoms with Gasteiger partial charge in [-0.05, 0) is 143 Å². The van der Waals surface area contributed by atoms with Gasteiger partial charge in [0.1, 0.15) is 0 Å². The van der Waals surface area contributed by atoms with Crippen LogP contribution in [-0.2, 0) is 0 Å². The molecule has 13 heteroatoms. The lowest BCUT2D eigenvalue weighted by molar-refractivity contribution is 1.07. The van der Waals surface area contributed by atoms with Gasteiger partial charge < -0.3 is 14.7 Å². The monoisotopic (exact) mass is 1600 g/mol. The Balaban J connectivity index is 0.879. The van der Waals surface area contributed by atoms with Crippen LogP contribution in [0, 0.1) is 0 Å². The lowest BCUT2D eigenvalue weighted by Gasteiger charge is -2.46. The molecule has 0 amide bonds. The summed E-state index contributed by atoms with van der Waals surface area (Å²) < 4.78 is 0. The highest BCUT2D eigenvalue weighted by Crippen LogP contribution is 2.54. The molecule has 0 aliphatic carbocycles. The molecule has 0 saturated heterocycles. The molecule has 0 N–H and O–H groups in total. The maximum Gasteiger partial charge on any atom is 0.252 e. The predicted molar refractivity (Wildman–Crippen MR) is 506 cm³/mol. The van der Waals surface area contributed by atoms with Gasteiger partial charge in [-0.2, -0.15) is 0 Å². The molecule has 3 aliphatic rings. The number of aromatic nitrogens is 6. The van der Waals surface area contributed by atoms with Crippen molar-refractivity contribution in [3.8, 4) is 68.3 Å². The molecule has 3 aliphatic heterocycles. The Hall–Kier alpha value is -15.0. The van der Waals surface area contributed by atoms with Crippen molar-refractivity contribution < 1.29 is 0 Å². The molecule has 568 valence electrons. The number of nitrogens with zero attached hydrogens (tertiary/aromatic N) is 9. The van der Waals surface area contributed by atoms with Gasteiger partial charge in [0, 0.05) is 77.3 Å². The Kier molecular flexibility index (Phi) is 18.5. The number of fused-ring (bicyclic) bond motifs is 6. The largest absolute Gasteiger partial charge is 0.311 e.